The Kier molecular flexibility index (Phi) is 5.54. The summed E-state index contributed by atoms with van der Waals surface area (Å²) in [7, 11) is 1.55. The number of nitro groups is 1. The molecule has 0 aliphatic carbocycles. The summed E-state index contributed by atoms with van der Waals surface area (Å²) in [5.41, 5.74) is 1.11. The first-order valence-electron chi connectivity index (χ1n) is 6.86. The molecule has 0 saturated carbocycles. The number of rotatable bonds is 7. The number of methoxy groups -OCH3 is 1. The van der Waals surface area contributed by atoms with E-state index in [0.29, 0.717) is 28.6 Å². The summed E-state index contributed by atoms with van der Waals surface area (Å²) < 4.78 is 5.21. The Balaban J connectivity index is 1.94. The summed E-state index contributed by atoms with van der Waals surface area (Å²) in [6.45, 7) is 0.395. The second-order valence-electron chi connectivity index (χ2n) is 4.75. The van der Waals surface area contributed by atoms with Crippen LogP contribution >= 0.6 is 11.6 Å². The van der Waals surface area contributed by atoms with Crippen molar-refractivity contribution in [2.75, 3.05) is 19.0 Å². The van der Waals surface area contributed by atoms with Crippen molar-refractivity contribution >= 4 is 28.8 Å². The number of Topliss-reactive ketones (excluding diaryl/α,β-unsaturated/α-hetero) is 1. The van der Waals surface area contributed by atoms with Gasteiger partial charge in [0.1, 0.15) is 5.75 Å². The van der Waals surface area contributed by atoms with Gasteiger partial charge in [0.15, 0.2) is 5.78 Å². The third kappa shape index (κ3) is 4.43. The molecule has 6 nitrogen and oxygen atoms in total. The molecule has 0 radical (unpaired) electrons. The molecule has 2 aromatic rings. The standard InChI is InChI=1S/C16H15ClN2O4/c1-23-16-7-4-12(17)10-14(16)18-9-8-15(20)11-2-5-13(6-3-11)19(21)22/h2-7,10,18H,8-9H2,1H3. The molecule has 0 unspecified atom stereocenters. The molecule has 0 spiro atoms. The maximum absolute atomic E-state index is 12.1. The van der Waals surface area contributed by atoms with Crippen LogP contribution in [-0.2, 0) is 0 Å². The Morgan fingerprint density at radius 1 is 1.26 bits per heavy atom. The van der Waals surface area contributed by atoms with Gasteiger partial charge in [0, 0.05) is 35.7 Å². The molecule has 0 heterocycles. The van der Waals surface area contributed by atoms with Crippen LogP contribution in [0.4, 0.5) is 11.4 Å². The van der Waals surface area contributed by atoms with Gasteiger partial charge in [-0.25, -0.2) is 0 Å². The summed E-state index contributed by atoms with van der Waals surface area (Å²) in [6, 6.07) is 10.7. The highest BCUT2D eigenvalue weighted by Crippen LogP contribution is 2.27. The zero-order valence-electron chi connectivity index (χ0n) is 12.4. The summed E-state index contributed by atoms with van der Waals surface area (Å²) in [6.07, 6.45) is 0.244. The van der Waals surface area contributed by atoms with Crippen LogP contribution < -0.4 is 10.1 Å². The maximum atomic E-state index is 12.1. The smallest absolute Gasteiger partial charge is 0.269 e. The lowest BCUT2D eigenvalue weighted by Gasteiger charge is -2.11. The molecule has 0 atom stereocenters. The highest BCUT2D eigenvalue weighted by Gasteiger charge is 2.10. The van der Waals surface area contributed by atoms with Crippen LogP contribution in [0.2, 0.25) is 5.02 Å². The predicted octanol–water partition coefficient (Wildman–Crippen LogP) is 3.94. The normalized spacial score (nSPS) is 10.2. The molecule has 0 aromatic heterocycles. The van der Waals surface area contributed by atoms with Crippen LogP contribution in [0.3, 0.4) is 0 Å². The van der Waals surface area contributed by atoms with Gasteiger partial charge in [0.05, 0.1) is 17.7 Å². The molecule has 0 bridgehead atoms. The molecule has 7 heteroatoms. The van der Waals surface area contributed by atoms with Crippen LogP contribution in [0, 0.1) is 10.1 Å². The molecular weight excluding hydrogens is 320 g/mol. The third-order valence-electron chi connectivity index (χ3n) is 3.23. The largest absolute Gasteiger partial charge is 0.495 e. The van der Waals surface area contributed by atoms with E-state index in [-0.39, 0.29) is 17.9 Å². The first-order valence-corrected chi connectivity index (χ1v) is 7.24. The fraction of sp³-hybridized carbons (Fsp3) is 0.188. The van der Waals surface area contributed by atoms with Gasteiger partial charge in [0.2, 0.25) is 0 Å². The van der Waals surface area contributed by atoms with Crippen LogP contribution in [0.1, 0.15) is 16.8 Å². The second kappa shape index (κ2) is 7.60. The van der Waals surface area contributed by atoms with Gasteiger partial charge in [-0.1, -0.05) is 11.6 Å². The molecule has 23 heavy (non-hydrogen) atoms. The van der Waals surface area contributed by atoms with Crippen molar-refractivity contribution in [3.8, 4) is 5.75 Å². The number of hydrogen-bond acceptors (Lipinski definition) is 5. The van der Waals surface area contributed by atoms with E-state index in [1.54, 1.807) is 25.3 Å². The van der Waals surface area contributed by atoms with Crippen molar-refractivity contribution in [1.82, 2.24) is 0 Å². The van der Waals surface area contributed by atoms with Crippen molar-refractivity contribution in [2.24, 2.45) is 0 Å². The van der Waals surface area contributed by atoms with Gasteiger partial charge in [-0.2, -0.15) is 0 Å². The summed E-state index contributed by atoms with van der Waals surface area (Å²) in [5, 5.41) is 14.2. The van der Waals surface area contributed by atoms with Crippen molar-refractivity contribution in [1.29, 1.82) is 0 Å². The lowest BCUT2D eigenvalue weighted by atomic mass is 10.1. The van der Waals surface area contributed by atoms with E-state index in [2.05, 4.69) is 5.32 Å². The molecular formula is C16H15ClN2O4. The summed E-state index contributed by atoms with van der Waals surface area (Å²) in [4.78, 5) is 22.2. The number of benzene rings is 2. The highest BCUT2D eigenvalue weighted by atomic mass is 35.5. The van der Waals surface area contributed by atoms with E-state index in [1.165, 1.54) is 24.3 Å². The van der Waals surface area contributed by atoms with Crippen LogP contribution in [0.15, 0.2) is 42.5 Å². The number of halogens is 1. The SMILES string of the molecule is COc1ccc(Cl)cc1NCCC(=O)c1ccc([N+](=O)[O-])cc1. The number of nitro benzene ring substituents is 1. The van der Waals surface area contributed by atoms with Gasteiger partial charge in [-0.05, 0) is 30.3 Å². The molecule has 0 saturated heterocycles. The fourth-order valence-corrected chi connectivity index (χ4v) is 2.21. The minimum Gasteiger partial charge on any atom is -0.495 e. The van der Waals surface area contributed by atoms with E-state index in [1.807, 2.05) is 0 Å². The minimum absolute atomic E-state index is 0.0386. The van der Waals surface area contributed by atoms with Gasteiger partial charge < -0.3 is 10.1 Å². The maximum Gasteiger partial charge on any atom is 0.269 e. The van der Waals surface area contributed by atoms with E-state index in [0.717, 1.165) is 0 Å². The Labute approximate surface area is 138 Å². The third-order valence-corrected chi connectivity index (χ3v) is 3.46. The summed E-state index contributed by atoms with van der Waals surface area (Å²) in [5.74, 6) is 0.533. The van der Waals surface area contributed by atoms with Crippen molar-refractivity contribution in [3.05, 3.63) is 63.2 Å². The average molecular weight is 335 g/mol. The number of nitrogens with one attached hydrogen (secondary N) is 1. The molecule has 1 N–H and O–H groups in total. The molecule has 2 aromatic carbocycles. The zero-order valence-corrected chi connectivity index (χ0v) is 13.2. The van der Waals surface area contributed by atoms with Crippen LogP contribution in [0.25, 0.3) is 0 Å². The lowest BCUT2D eigenvalue weighted by molar-refractivity contribution is -0.384. The lowest BCUT2D eigenvalue weighted by Crippen LogP contribution is -2.09. The highest BCUT2D eigenvalue weighted by molar-refractivity contribution is 6.30. The number of ketones is 1. The number of ether oxygens (including phenoxy) is 1. The van der Waals surface area contributed by atoms with Crippen molar-refractivity contribution < 1.29 is 14.5 Å². The van der Waals surface area contributed by atoms with Gasteiger partial charge in [-0.15, -0.1) is 0 Å². The number of non-ortho nitro benzene ring substituents is 1. The van der Waals surface area contributed by atoms with Crippen LogP contribution in [0.5, 0.6) is 5.75 Å². The second-order valence-corrected chi connectivity index (χ2v) is 5.18. The number of carbonyl (C=O) groups excluding carboxylic acids is 1. The Morgan fingerprint density at radius 3 is 2.57 bits per heavy atom. The van der Waals surface area contributed by atoms with E-state index < -0.39 is 4.92 Å². The predicted molar refractivity (Wildman–Crippen MR) is 88.5 cm³/mol. The topological polar surface area (TPSA) is 81.5 Å². The fourth-order valence-electron chi connectivity index (χ4n) is 2.04. The Bertz CT molecular complexity index is 717. The number of hydrogen-bond donors (Lipinski definition) is 1. The number of nitrogens with zero attached hydrogens (tertiary/aromatic N) is 1. The Hall–Kier alpha value is -2.60. The molecule has 0 amide bonds. The first kappa shape index (κ1) is 16.8. The van der Waals surface area contributed by atoms with E-state index in [4.69, 9.17) is 16.3 Å². The van der Waals surface area contributed by atoms with E-state index in [9.17, 15) is 14.9 Å². The number of anilines is 1. The Morgan fingerprint density at radius 2 is 1.96 bits per heavy atom. The van der Waals surface area contributed by atoms with Gasteiger partial charge in [-0.3, -0.25) is 14.9 Å². The molecule has 120 valence electrons. The average Bonchev–Trinajstić information content (AvgIpc) is 2.55. The van der Waals surface area contributed by atoms with Gasteiger partial charge >= 0.3 is 0 Å². The summed E-state index contributed by atoms with van der Waals surface area (Å²) >= 11 is 5.93. The first-order chi connectivity index (χ1) is 11.0. The number of carbonyl (C=O) groups is 1. The molecule has 0 aliphatic rings. The van der Waals surface area contributed by atoms with Crippen molar-refractivity contribution in [2.45, 2.75) is 6.42 Å². The molecule has 2 rings (SSSR count). The van der Waals surface area contributed by atoms with Crippen molar-refractivity contribution in [3.63, 3.8) is 0 Å². The quantitative estimate of drug-likeness (QED) is 0.471. The zero-order chi connectivity index (χ0) is 16.8. The van der Waals surface area contributed by atoms with Crippen LogP contribution in [-0.4, -0.2) is 24.4 Å². The minimum atomic E-state index is -0.499. The van der Waals surface area contributed by atoms with Gasteiger partial charge in [0.25, 0.3) is 5.69 Å². The monoisotopic (exact) mass is 334 g/mol. The molecule has 0 aliphatic heterocycles. The molecule has 0 fully saturated rings. The van der Waals surface area contributed by atoms with E-state index >= 15 is 0 Å².